The molecule has 1 atom stereocenters. The molecule has 120 valence electrons. The summed E-state index contributed by atoms with van der Waals surface area (Å²) in [6, 6.07) is 4.09. The maximum atomic E-state index is 14.3. The number of hydrogen-bond acceptors (Lipinski definition) is 5. The number of ether oxygens (including phenoxy) is 2. The van der Waals surface area contributed by atoms with Crippen molar-refractivity contribution in [2.75, 3.05) is 36.0 Å². The minimum atomic E-state index is -0.713. The number of azide groups is 1. The molecule has 0 N–H and O–H groups in total. The van der Waals surface area contributed by atoms with Gasteiger partial charge in [0, 0.05) is 4.91 Å². The van der Waals surface area contributed by atoms with E-state index in [0.717, 1.165) is 11.0 Å². The van der Waals surface area contributed by atoms with E-state index in [1.807, 2.05) is 0 Å². The molecule has 10 heteroatoms. The number of rotatable bonds is 4. The number of carbonyl (C=O) groups is 2. The molecule has 1 aromatic carbocycles. The Bertz CT molecular complexity index is 706. The van der Waals surface area contributed by atoms with Crippen molar-refractivity contribution in [3.05, 3.63) is 34.5 Å². The van der Waals surface area contributed by atoms with Gasteiger partial charge in [-0.1, -0.05) is 5.11 Å². The van der Waals surface area contributed by atoms with Gasteiger partial charge in [0.2, 0.25) is 0 Å². The summed E-state index contributed by atoms with van der Waals surface area (Å²) >= 11 is 0. The van der Waals surface area contributed by atoms with Gasteiger partial charge in [-0.05, 0) is 23.7 Å². The first-order chi connectivity index (χ1) is 11.1. The van der Waals surface area contributed by atoms with E-state index in [4.69, 9.17) is 15.0 Å². The minimum Gasteiger partial charge on any atom is -0.447 e. The van der Waals surface area contributed by atoms with Crippen LogP contribution in [0.4, 0.5) is 25.4 Å². The van der Waals surface area contributed by atoms with Gasteiger partial charge in [-0.25, -0.2) is 14.0 Å². The van der Waals surface area contributed by atoms with Crippen LogP contribution in [0.1, 0.15) is 0 Å². The Morgan fingerprint density at radius 1 is 1.35 bits per heavy atom. The largest absolute Gasteiger partial charge is 0.447 e. The van der Waals surface area contributed by atoms with Gasteiger partial charge >= 0.3 is 12.2 Å². The van der Waals surface area contributed by atoms with Gasteiger partial charge in [0.15, 0.2) is 0 Å². The first kappa shape index (κ1) is 14.9. The summed E-state index contributed by atoms with van der Waals surface area (Å²) < 4.78 is 24.1. The van der Waals surface area contributed by atoms with Gasteiger partial charge in [0.1, 0.15) is 18.5 Å². The molecule has 1 aromatic rings. The van der Waals surface area contributed by atoms with E-state index in [1.54, 1.807) is 0 Å². The molecule has 2 heterocycles. The normalized spacial score (nSPS) is 20.3. The zero-order valence-electron chi connectivity index (χ0n) is 11.9. The molecular weight excluding hydrogens is 309 g/mol. The van der Waals surface area contributed by atoms with Crippen LogP contribution >= 0.6 is 0 Å². The fourth-order valence-electron chi connectivity index (χ4n) is 2.45. The lowest BCUT2D eigenvalue weighted by Crippen LogP contribution is -2.27. The Hall–Kier alpha value is -3.00. The van der Waals surface area contributed by atoms with Crippen LogP contribution < -0.4 is 9.80 Å². The molecule has 2 fully saturated rings. The second kappa shape index (κ2) is 6.01. The van der Waals surface area contributed by atoms with E-state index in [-0.39, 0.29) is 25.4 Å². The topological polar surface area (TPSA) is 108 Å². The van der Waals surface area contributed by atoms with E-state index in [2.05, 4.69) is 10.0 Å². The molecule has 0 spiro atoms. The van der Waals surface area contributed by atoms with Crippen molar-refractivity contribution in [3.8, 4) is 0 Å². The summed E-state index contributed by atoms with van der Waals surface area (Å²) in [6.45, 7) is 0.664. The Labute approximate surface area is 129 Å². The molecule has 0 aliphatic carbocycles. The Morgan fingerprint density at radius 3 is 2.83 bits per heavy atom. The van der Waals surface area contributed by atoms with Gasteiger partial charge in [0.05, 0.1) is 31.0 Å². The minimum absolute atomic E-state index is 0.0158. The van der Waals surface area contributed by atoms with Crippen molar-refractivity contribution in [1.29, 1.82) is 0 Å². The van der Waals surface area contributed by atoms with Gasteiger partial charge in [-0.3, -0.25) is 9.80 Å². The third-order valence-corrected chi connectivity index (χ3v) is 3.52. The molecule has 0 aromatic heterocycles. The highest BCUT2D eigenvalue weighted by Gasteiger charge is 2.34. The average Bonchev–Trinajstić information content (AvgIpc) is 3.11. The van der Waals surface area contributed by atoms with Crippen molar-refractivity contribution >= 4 is 23.6 Å². The molecular formula is C13H12FN5O4. The van der Waals surface area contributed by atoms with Crippen molar-refractivity contribution in [2.24, 2.45) is 5.11 Å². The first-order valence-electron chi connectivity index (χ1n) is 6.83. The summed E-state index contributed by atoms with van der Waals surface area (Å²) in [5.74, 6) is -0.663. The lowest BCUT2D eigenvalue weighted by Gasteiger charge is -2.17. The molecule has 3 rings (SSSR count). The first-order valence-corrected chi connectivity index (χ1v) is 6.83. The lowest BCUT2D eigenvalue weighted by atomic mass is 10.2. The van der Waals surface area contributed by atoms with E-state index < -0.39 is 24.1 Å². The summed E-state index contributed by atoms with van der Waals surface area (Å²) in [5.41, 5.74) is 8.67. The highest BCUT2D eigenvalue weighted by molar-refractivity contribution is 5.92. The fraction of sp³-hybridized carbons (Fsp3) is 0.385. The Balaban J connectivity index is 1.79. The van der Waals surface area contributed by atoms with Crippen LogP contribution in [-0.4, -0.2) is 44.5 Å². The van der Waals surface area contributed by atoms with Gasteiger partial charge < -0.3 is 9.47 Å². The standard InChI is InChI=1S/C13H12FN5O4/c14-10-5-8(18-3-4-22-12(18)20)1-2-11(10)19-7-9(6-16-17-15)23-13(19)21/h1-2,5,9H,3-4,6-7H2. The summed E-state index contributed by atoms with van der Waals surface area (Å²) in [5, 5.41) is 3.34. The van der Waals surface area contributed by atoms with Crippen molar-refractivity contribution in [2.45, 2.75) is 6.10 Å². The molecule has 23 heavy (non-hydrogen) atoms. The van der Waals surface area contributed by atoms with Crippen LogP contribution in [0.3, 0.4) is 0 Å². The number of hydrogen-bond donors (Lipinski definition) is 0. The third-order valence-electron chi connectivity index (χ3n) is 3.52. The molecule has 2 saturated heterocycles. The van der Waals surface area contributed by atoms with Crippen LogP contribution in [0.5, 0.6) is 0 Å². The van der Waals surface area contributed by atoms with E-state index in [9.17, 15) is 14.0 Å². The highest BCUT2D eigenvalue weighted by Crippen LogP contribution is 2.29. The highest BCUT2D eigenvalue weighted by atomic mass is 19.1. The maximum Gasteiger partial charge on any atom is 0.414 e. The third kappa shape index (κ3) is 2.84. The predicted molar refractivity (Wildman–Crippen MR) is 76.7 cm³/mol. The number of cyclic esters (lactones) is 2. The van der Waals surface area contributed by atoms with Crippen LogP contribution in [0.15, 0.2) is 23.3 Å². The second-order valence-electron chi connectivity index (χ2n) is 4.93. The molecule has 0 radical (unpaired) electrons. The summed E-state index contributed by atoms with van der Waals surface area (Å²) in [7, 11) is 0. The van der Waals surface area contributed by atoms with Crippen LogP contribution in [0.25, 0.3) is 10.4 Å². The van der Waals surface area contributed by atoms with Gasteiger partial charge in [0.25, 0.3) is 0 Å². The average molecular weight is 321 g/mol. The van der Waals surface area contributed by atoms with Crippen LogP contribution in [-0.2, 0) is 9.47 Å². The Morgan fingerprint density at radius 2 is 2.17 bits per heavy atom. The lowest BCUT2D eigenvalue weighted by molar-refractivity contribution is 0.145. The zero-order chi connectivity index (χ0) is 16.4. The number of nitrogens with zero attached hydrogens (tertiary/aromatic N) is 5. The number of amides is 2. The number of anilines is 2. The molecule has 2 aliphatic heterocycles. The van der Waals surface area contributed by atoms with Crippen molar-refractivity contribution < 1.29 is 23.5 Å². The predicted octanol–water partition coefficient (Wildman–Crippen LogP) is 2.42. The summed E-state index contributed by atoms with van der Waals surface area (Å²) in [4.78, 5) is 28.3. The molecule has 9 nitrogen and oxygen atoms in total. The van der Waals surface area contributed by atoms with E-state index in [0.29, 0.717) is 12.2 Å². The number of carbonyl (C=O) groups excluding carboxylic acids is 2. The van der Waals surface area contributed by atoms with E-state index >= 15 is 0 Å². The molecule has 1 unspecified atom stereocenters. The van der Waals surface area contributed by atoms with Crippen molar-refractivity contribution in [1.82, 2.24) is 0 Å². The fourth-order valence-corrected chi connectivity index (χ4v) is 2.45. The quantitative estimate of drug-likeness (QED) is 0.482. The van der Waals surface area contributed by atoms with E-state index in [1.165, 1.54) is 17.0 Å². The number of halogens is 1. The zero-order valence-corrected chi connectivity index (χ0v) is 11.9. The smallest absolute Gasteiger partial charge is 0.414 e. The van der Waals surface area contributed by atoms with Crippen molar-refractivity contribution in [3.63, 3.8) is 0 Å². The van der Waals surface area contributed by atoms with Gasteiger partial charge in [-0.15, -0.1) is 0 Å². The summed E-state index contributed by atoms with van der Waals surface area (Å²) in [6.07, 6.45) is -1.87. The molecule has 2 amide bonds. The molecule has 0 bridgehead atoms. The maximum absolute atomic E-state index is 14.3. The van der Waals surface area contributed by atoms with Crippen LogP contribution in [0, 0.1) is 5.82 Å². The van der Waals surface area contributed by atoms with Gasteiger partial charge in [-0.2, -0.15) is 0 Å². The SMILES string of the molecule is [N-]=[N+]=NCC1CN(c2ccc(N3CCOC3=O)cc2F)C(=O)O1. The monoisotopic (exact) mass is 321 g/mol. The second-order valence-corrected chi connectivity index (χ2v) is 4.93. The number of benzene rings is 1. The molecule has 2 aliphatic rings. The Kier molecular flexibility index (Phi) is 3.90. The van der Waals surface area contributed by atoms with Crippen LogP contribution in [0.2, 0.25) is 0 Å². The molecule has 0 saturated carbocycles.